The number of hydrogen-bond donors (Lipinski definition) is 1. The van der Waals surface area contributed by atoms with Crippen LogP contribution in [0.15, 0.2) is 29.1 Å². The zero-order valence-electron chi connectivity index (χ0n) is 10.0. The Morgan fingerprint density at radius 1 is 1.33 bits per heavy atom. The molecule has 2 atom stereocenters. The molecule has 3 heteroatoms. The molecular formula is C15H14FNO. The van der Waals surface area contributed by atoms with Crippen molar-refractivity contribution in [3.05, 3.63) is 46.1 Å². The molecule has 0 amide bonds. The lowest BCUT2D eigenvalue weighted by molar-refractivity contribution is 0.628. The molecular weight excluding hydrogens is 229 g/mol. The molecule has 0 saturated heterocycles. The van der Waals surface area contributed by atoms with Crippen LogP contribution in [0.1, 0.15) is 31.4 Å². The summed E-state index contributed by atoms with van der Waals surface area (Å²) >= 11 is 0. The molecule has 0 spiro atoms. The minimum Gasteiger partial charge on any atom is -0.325 e. The van der Waals surface area contributed by atoms with Crippen molar-refractivity contribution in [1.82, 2.24) is 4.98 Å². The van der Waals surface area contributed by atoms with Crippen LogP contribution in [0.2, 0.25) is 0 Å². The van der Waals surface area contributed by atoms with Gasteiger partial charge in [0.15, 0.2) is 0 Å². The number of H-pyrrole nitrogens is 1. The topological polar surface area (TPSA) is 32.9 Å². The van der Waals surface area contributed by atoms with Gasteiger partial charge in [0.25, 0.3) is 5.56 Å². The fourth-order valence-corrected chi connectivity index (χ4v) is 3.69. The summed E-state index contributed by atoms with van der Waals surface area (Å²) in [5.41, 5.74) is 1.14. The Morgan fingerprint density at radius 2 is 2.22 bits per heavy atom. The largest absolute Gasteiger partial charge is 0.325 e. The number of aromatic amines is 1. The summed E-state index contributed by atoms with van der Waals surface area (Å²) in [6, 6.07) is 6.48. The zero-order chi connectivity index (χ0) is 12.3. The number of hydrogen-bond acceptors (Lipinski definition) is 1. The van der Waals surface area contributed by atoms with Crippen molar-refractivity contribution in [2.75, 3.05) is 0 Å². The third-order valence-corrected chi connectivity index (χ3v) is 4.75. The summed E-state index contributed by atoms with van der Waals surface area (Å²) in [7, 11) is 0. The van der Waals surface area contributed by atoms with Crippen LogP contribution >= 0.6 is 0 Å². The smallest absolute Gasteiger partial charge is 0.256 e. The molecule has 1 unspecified atom stereocenters. The Labute approximate surface area is 104 Å². The van der Waals surface area contributed by atoms with E-state index in [1.807, 2.05) is 6.07 Å². The van der Waals surface area contributed by atoms with E-state index in [0.717, 1.165) is 17.0 Å². The summed E-state index contributed by atoms with van der Waals surface area (Å²) in [6.07, 6.45) is 4.92. The Bertz CT molecular complexity index is 705. The maximum absolute atomic E-state index is 13.1. The van der Waals surface area contributed by atoms with Gasteiger partial charge in [0.1, 0.15) is 5.82 Å². The Morgan fingerprint density at radius 3 is 2.94 bits per heavy atom. The van der Waals surface area contributed by atoms with Crippen molar-refractivity contribution in [2.45, 2.75) is 31.1 Å². The first kappa shape index (κ1) is 10.3. The molecule has 0 aliphatic heterocycles. The normalized spacial score (nSPS) is 29.5. The quantitative estimate of drug-likeness (QED) is 0.820. The van der Waals surface area contributed by atoms with Gasteiger partial charge < -0.3 is 4.98 Å². The van der Waals surface area contributed by atoms with Crippen LogP contribution in [-0.4, -0.2) is 4.98 Å². The Hall–Kier alpha value is -1.64. The predicted molar refractivity (Wildman–Crippen MR) is 68.2 cm³/mol. The van der Waals surface area contributed by atoms with Gasteiger partial charge in [-0.15, -0.1) is 0 Å². The lowest BCUT2D eigenvalue weighted by atomic mass is 9.97. The summed E-state index contributed by atoms with van der Waals surface area (Å²) in [5.74, 6) is 0.398. The summed E-state index contributed by atoms with van der Waals surface area (Å²) < 4.78 is 13.1. The van der Waals surface area contributed by atoms with Crippen LogP contribution in [0.25, 0.3) is 10.8 Å². The highest BCUT2D eigenvalue weighted by atomic mass is 19.1. The second-order valence-electron chi connectivity index (χ2n) is 5.69. The van der Waals surface area contributed by atoms with Gasteiger partial charge in [-0.2, -0.15) is 0 Å². The van der Waals surface area contributed by atoms with E-state index in [9.17, 15) is 9.18 Å². The molecule has 2 aromatic rings. The molecule has 2 fully saturated rings. The molecule has 4 rings (SSSR count). The molecule has 18 heavy (non-hydrogen) atoms. The van der Waals surface area contributed by atoms with Crippen molar-refractivity contribution < 1.29 is 4.39 Å². The number of aromatic nitrogens is 1. The fraction of sp³-hybridized carbons (Fsp3) is 0.400. The molecule has 2 saturated carbocycles. The van der Waals surface area contributed by atoms with E-state index < -0.39 is 0 Å². The molecule has 2 aliphatic carbocycles. The van der Waals surface area contributed by atoms with Crippen LogP contribution in [-0.2, 0) is 5.41 Å². The number of pyridine rings is 1. The van der Waals surface area contributed by atoms with Gasteiger partial charge >= 0.3 is 0 Å². The third kappa shape index (κ3) is 1.25. The van der Waals surface area contributed by atoms with Crippen molar-refractivity contribution in [3.8, 4) is 0 Å². The Balaban J connectivity index is 1.94. The van der Waals surface area contributed by atoms with Crippen LogP contribution < -0.4 is 5.56 Å². The number of benzene rings is 1. The summed E-state index contributed by atoms with van der Waals surface area (Å²) in [4.78, 5) is 15.0. The SMILES string of the molecule is O=c1[nH]c(C23CCC[C@@H]2C3)cc2ccc(F)cc12. The minimum absolute atomic E-state index is 0.158. The molecule has 0 radical (unpaired) electrons. The van der Waals surface area contributed by atoms with E-state index in [2.05, 4.69) is 4.98 Å². The molecule has 1 aromatic carbocycles. The van der Waals surface area contributed by atoms with Crippen LogP contribution in [0.5, 0.6) is 0 Å². The maximum atomic E-state index is 13.1. The van der Waals surface area contributed by atoms with Gasteiger partial charge in [-0.05, 0) is 48.8 Å². The van der Waals surface area contributed by atoms with Crippen molar-refractivity contribution in [1.29, 1.82) is 0 Å². The van der Waals surface area contributed by atoms with E-state index >= 15 is 0 Å². The van der Waals surface area contributed by atoms with Crippen molar-refractivity contribution in [2.24, 2.45) is 5.92 Å². The van der Waals surface area contributed by atoms with Crippen LogP contribution in [0.3, 0.4) is 0 Å². The van der Waals surface area contributed by atoms with Gasteiger partial charge in [-0.25, -0.2) is 4.39 Å². The first-order chi connectivity index (χ1) is 8.69. The van der Waals surface area contributed by atoms with Gasteiger partial charge in [0.2, 0.25) is 0 Å². The fourth-order valence-electron chi connectivity index (χ4n) is 3.69. The standard InChI is InChI=1S/C15H14FNO/c16-11-4-3-9-6-13(17-14(18)12(9)7-11)15-5-1-2-10(15)8-15/h3-4,6-7,10H,1-2,5,8H2,(H,17,18)/t10-,15?/m1/s1. The van der Waals surface area contributed by atoms with Gasteiger partial charge in [0.05, 0.1) is 0 Å². The molecule has 2 aliphatic rings. The van der Waals surface area contributed by atoms with Gasteiger partial charge in [0, 0.05) is 16.5 Å². The number of fused-ring (bicyclic) bond motifs is 2. The molecule has 0 bridgehead atoms. The Kier molecular flexibility index (Phi) is 1.84. The van der Waals surface area contributed by atoms with Crippen LogP contribution in [0, 0.1) is 11.7 Å². The predicted octanol–water partition coefficient (Wildman–Crippen LogP) is 3.11. The highest BCUT2D eigenvalue weighted by Gasteiger charge is 2.58. The highest BCUT2D eigenvalue weighted by molar-refractivity contribution is 5.82. The first-order valence-electron chi connectivity index (χ1n) is 6.52. The van der Waals surface area contributed by atoms with E-state index in [4.69, 9.17) is 0 Å². The third-order valence-electron chi connectivity index (χ3n) is 4.75. The number of rotatable bonds is 1. The highest BCUT2D eigenvalue weighted by Crippen LogP contribution is 2.63. The van der Waals surface area contributed by atoms with Crippen molar-refractivity contribution in [3.63, 3.8) is 0 Å². The first-order valence-corrected chi connectivity index (χ1v) is 6.52. The monoisotopic (exact) mass is 243 g/mol. The second-order valence-corrected chi connectivity index (χ2v) is 5.69. The lowest BCUT2D eigenvalue weighted by Gasteiger charge is -2.13. The molecule has 92 valence electrons. The lowest BCUT2D eigenvalue weighted by Crippen LogP contribution is -2.16. The van der Waals surface area contributed by atoms with Gasteiger partial charge in [-0.3, -0.25) is 4.79 Å². The number of nitrogens with one attached hydrogen (secondary N) is 1. The molecule has 1 aromatic heterocycles. The van der Waals surface area contributed by atoms with E-state index in [1.165, 1.54) is 37.8 Å². The molecule has 1 heterocycles. The maximum Gasteiger partial charge on any atom is 0.256 e. The summed E-state index contributed by atoms with van der Waals surface area (Å²) in [6.45, 7) is 0. The van der Waals surface area contributed by atoms with Gasteiger partial charge in [-0.1, -0.05) is 12.5 Å². The van der Waals surface area contributed by atoms with Crippen LogP contribution in [0.4, 0.5) is 4.39 Å². The average molecular weight is 243 g/mol. The van der Waals surface area contributed by atoms with E-state index in [1.54, 1.807) is 6.07 Å². The van der Waals surface area contributed by atoms with E-state index in [-0.39, 0.29) is 16.8 Å². The minimum atomic E-state index is -0.357. The van der Waals surface area contributed by atoms with Crippen molar-refractivity contribution >= 4 is 10.8 Å². The molecule has 2 nitrogen and oxygen atoms in total. The average Bonchev–Trinajstić information content (AvgIpc) is 2.93. The second kappa shape index (κ2) is 3.22. The summed E-state index contributed by atoms with van der Waals surface area (Å²) in [5, 5.41) is 1.30. The number of halogens is 1. The zero-order valence-corrected chi connectivity index (χ0v) is 10.0. The molecule has 1 N–H and O–H groups in total. The van der Waals surface area contributed by atoms with E-state index in [0.29, 0.717) is 5.39 Å².